The van der Waals surface area contributed by atoms with Gasteiger partial charge in [-0.3, -0.25) is 4.79 Å². The van der Waals surface area contributed by atoms with Crippen molar-refractivity contribution < 1.29 is 22.0 Å². The normalized spacial score (nSPS) is 11.2. The molecular formula is C9H10F2N2O3S. The summed E-state index contributed by atoms with van der Waals surface area (Å²) in [5.74, 6) is -2.99. The molecule has 1 amide bonds. The van der Waals surface area contributed by atoms with Crippen LogP contribution in [0.1, 0.15) is 10.4 Å². The highest BCUT2D eigenvalue weighted by atomic mass is 32.2. The van der Waals surface area contributed by atoms with Gasteiger partial charge in [0.25, 0.3) is 5.91 Å². The van der Waals surface area contributed by atoms with E-state index >= 15 is 0 Å². The fourth-order valence-electron chi connectivity index (χ4n) is 1.09. The summed E-state index contributed by atoms with van der Waals surface area (Å²) in [5, 5.41) is 6.89. The van der Waals surface area contributed by atoms with Crippen LogP contribution in [0.2, 0.25) is 0 Å². The Hall–Kier alpha value is -1.54. The van der Waals surface area contributed by atoms with Crippen molar-refractivity contribution in [1.29, 1.82) is 0 Å². The maximum absolute atomic E-state index is 12.8. The molecule has 1 aromatic carbocycles. The average molecular weight is 264 g/mol. The Bertz CT molecular complexity index is 511. The zero-order valence-electron chi connectivity index (χ0n) is 8.61. The molecule has 0 saturated carbocycles. The number of rotatable bonds is 4. The van der Waals surface area contributed by atoms with Gasteiger partial charge in [0.1, 0.15) is 11.6 Å². The summed E-state index contributed by atoms with van der Waals surface area (Å²) in [6, 6.07) is 2.31. The van der Waals surface area contributed by atoms with Crippen LogP contribution in [0.4, 0.5) is 8.78 Å². The Kier molecular flexibility index (Phi) is 4.13. The first-order valence-electron chi connectivity index (χ1n) is 4.53. The average Bonchev–Trinajstić information content (AvgIpc) is 2.13. The number of benzene rings is 1. The Labute approximate surface area is 96.7 Å². The van der Waals surface area contributed by atoms with Gasteiger partial charge in [-0.2, -0.15) is 0 Å². The first-order valence-corrected chi connectivity index (χ1v) is 6.24. The van der Waals surface area contributed by atoms with Gasteiger partial charge in [0.15, 0.2) is 0 Å². The minimum atomic E-state index is -3.68. The van der Waals surface area contributed by atoms with Gasteiger partial charge in [-0.15, -0.1) is 0 Å². The number of amides is 1. The van der Waals surface area contributed by atoms with Crippen LogP contribution in [0.25, 0.3) is 0 Å². The lowest BCUT2D eigenvalue weighted by atomic mass is 10.2. The molecule has 0 aliphatic carbocycles. The van der Waals surface area contributed by atoms with Gasteiger partial charge < -0.3 is 5.32 Å². The molecular weight excluding hydrogens is 254 g/mol. The summed E-state index contributed by atoms with van der Waals surface area (Å²) in [5.41, 5.74) is -0.225. The third kappa shape index (κ3) is 4.87. The van der Waals surface area contributed by atoms with E-state index in [1.165, 1.54) is 0 Å². The number of hydrogen-bond donors (Lipinski definition) is 2. The van der Waals surface area contributed by atoms with Crippen molar-refractivity contribution in [1.82, 2.24) is 5.32 Å². The summed E-state index contributed by atoms with van der Waals surface area (Å²) >= 11 is 0. The third-order valence-electron chi connectivity index (χ3n) is 1.80. The molecule has 17 heavy (non-hydrogen) atoms. The fourth-order valence-corrected chi connectivity index (χ4v) is 1.48. The minimum absolute atomic E-state index is 0.225. The standard InChI is InChI=1S/C9H10F2N2O3S/c10-7-3-6(4-8(11)5-7)9(14)13-1-2-17(12,15)16/h3-5H,1-2H2,(H,13,14)(H2,12,15,16). The summed E-state index contributed by atoms with van der Waals surface area (Å²) in [6.07, 6.45) is 0. The van der Waals surface area contributed by atoms with E-state index in [1.54, 1.807) is 0 Å². The summed E-state index contributed by atoms with van der Waals surface area (Å²) in [6.45, 7) is -0.226. The first kappa shape index (κ1) is 13.5. The van der Waals surface area contributed by atoms with E-state index in [9.17, 15) is 22.0 Å². The van der Waals surface area contributed by atoms with Crippen LogP contribution in [-0.4, -0.2) is 26.6 Å². The van der Waals surface area contributed by atoms with Crippen LogP contribution in [0.15, 0.2) is 18.2 Å². The molecule has 0 saturated heterocycles. The molecule has 0 aliphatic heterocycles. The highest BCUT2D eigenvalue weighted by Crippen LogP contribution is 2.07. The summed E-state index contributed by atoms with van der Waals surface area (Å²) < 4.78 is 46.7. The van der Waals surface area contributed by atoms with Gasteiger partial charge in [0.2, 0.25) is 10.0 Å². The highest BCUT2D eigenvalue weighted by Gasteiger charge is 2.10. The van der Waals surface area contributed by atoms with Crippen molar-refractivity contribution in [2.24, 2.45) is 5.14 Å². The number of sulfonamides is 1. The molecule has 3 N–H and O–H groups in total. The molecule has 0 spiro atoms. The number of halogens is 2. The molecule has 0 aromatic heterocycles. The second kappa shape index (κ2) is 5.19. The van der Waals surface area contributed by atoms with E-state index < -0.39 is 33.3 Å². The lowest BCUT2D eigenvalue weighted by Crippen LogP contribution is -2.31. The van der Waals surface area contributed by atoms with Crippen LogP contribution < -0.4 is 10.5 Å². The second-order valence-corrected chi connectivity index (χ2v) is 5.01. The lowest BCUT2D eigenvalue weighted by molar-refractivity contribution is 0.0955. The van der Waals surface area contributed by atoms with Crippen LogP contribution >= 0.6 is 0 Å². The zero-order chi connectivity index (χ0) is 13.1. The van der Waals surface area contributed by atoms with E-state index in [-0.39, 0.29) is 12.1 Å². The molecule has 1 rings (SSSR count). The molecule has 1 aromatic rings. The third-order valence-corrected chi connectivity index (χ3v) is 2.57. The quantitative estimate of drug-likeness (QED) is 0.801. The van der Waals surface area contributed by atoms with Crippen LogP contribution in [0.5, 0.6) is 0 Å². The van der Waals surface area contributed by atoms with Crippen molar-refractivity contribution in [2.45, 2.75) is 0 Å². The predicted molar refractivity (Wildman–Crippen MR) is 56.7 cm³/mol. The Morgan fingerprint density at radius 2 is 1.76 bits per heavy atom. The molecule has 0 heterocycles. The molecule has 94 valence electrons. The molecule has 0 bridgehead atoms. The predicted octanol–water partition coefficient (Wildman–Crippen LogP) is -0.0169. The van der Waals surface area contributed by atoms with Crippen LogP contribution in [0.3, 0.4) is 0 Å². The molecule has 0 fully saturated rings. The molecule has 8 heteroatoms. The second-order valence-electron chi connectivity index (χ2n) is 3.28. The molecule has 0 radical (unpaired) electrons. The van der Waals surface area contributed by atoms with Crippen LogP contribution in [0, 0.1) is 11.6 Å². The number of carbonyl (C=O) groups excluding carboxylic acids is 1. The number of carbonyl (C=O) groups is 1. The van der Waals surface area contributed by atoms with Gasteiger partial charge in [-0.25, -0.2) is 22.3 Å². The maximum atomic E-state index is 12.8. The fraction of sp³-hybridized carbons (Fsp3) is 0.222. The van der Waals surface area contributed by atoms with Gasteiger partial charge >= 0.3 is 0 Å². The highest BCUT2D eigenvalue weighted by molar-refractivity contribution is 7.89. The SMILES string of the molecule is NS(=O)(=O)CCNC(=O)c1cc(F)cc(F)c1. The number of primary sulfonamides is 1. The van der Waals surface area contributed by atoms with Crippen molar-refractivity contribution in [2.75, 3.05) is 12.3 Å². The van der Waals surface area contributed by atoms with E-state index in [4.69, 9.17) is 5.14 Å². The van der Waals surface area contributed by atoms with Crippen LogP contribution in [-0.2, 0) is 10.0 Å². The van der Waals surface area contributed by atoms with E-state index in [2.05, 4.69) is 5.32 Å². The topological polar surface area (TPSA) is 89.3 Å². The Morgan fingerprint density at radius 1 is 1.24 bits per heavy atom. The Balaban J connectivity index is 2.64. The first-order chi connectivity index (χ1) is 7.78. The van der Waals surface area contributed by atoms with Crippen molar-refractivity contribution >= 4 is 15.9 Å². The van der Waals surface area contributed by atoms with E-state index in [0.717, 1.165) is 12.1 Å². The maximum Gasteiger partial charge on any atom is 0.251 e. The van der Waals surface area contributed by atoms with Gasteiger partial charge in [0, 0.05) is 18.2 Å². The number of nitrogens with one attached hydrogen (secondary N) is 1. The van der Waals surface area contributed by atoms with Crippen molar-refractivity contribution in [3.8, 4) is 0 Å². The van der Waals surface area contributed by atoms with Gasteiger partial charge in [-0.05, 0) is 12.1 Å². The lowest BCUT2D eigenvalue weighted by Gasteiger charge is -2.04. The molecule has 5 nitrogen and oxygen atoms in total. The van der Waals surface area contributed by atoms with E-state index in [0.29, 0.717) is 6.07 Å². The number of hydrogen-bond acceptors (Lipinski definition) is 3. The van der Waals surface area contributed by atoms with Gasteiger partial charge in [-0.1, -0.05) is 0 Å². The smallest absolute Gasteiger partial charge is 0.251 e. The Morgan fingerprint density at radius 3 is 2.24 bits per heavy atom. The minimum Gasteiger partial charge on any atom is -0.351 e. The summed E-state index contributed by atoms with van der Waals surface area (Å²) in [7, 11) is -3.68. The van der Waals surface area contributed by atoms with Crippen molar-refractivity contribution in [3.63, 3.8) is 0 Å². The summed E-state index contributed by atoms with van der Waals surface area (Å²) in [4.78, 5) is 11.4. The van der Waals surface area contributed by atoms with Crippen molar-refractivity contribution in [3.05, 3.63) is 35.4 Å². The number of nitrogens with two attached hydrogens (primary N) is 1. The molecule has 0 aliphatic rings. The monoisotopic (exact) mass is 264 g/mol. The molecule has 0 unspecified atom stereocenters. The molecule has 0 atom stereocenters. The van der Waals surface area contributed by atoms with Gasteiger partial charge in [0.05, 0.1) is 5.75 Å². The largest absolute Gasteiger partial charge is 0.351 e. The zero-order valence-corrected chi connectivity index (χ0v) is 9.43. The van der Waals surface area contributed by atoms with E-state index in [1.807, 2.05) is 0 Å².